The molecule has 0 bridgehead atoms. The van der Waals surface area contributed by atoms with Gasteiger partial charge in [0, 0.05) is 18.7 Å². The van der Waals surface area contributed by atoms with Gasteiger partial charge in [-0.05, 0) is 6.07 Å². The molecule has 0 radical (unpaired) electrons. The summed E-state index contributed by atoms with van der Waals surface area (Å²) in [5.74, 6) is -2.92. The molecule has 0 spiro atoms. The average Bonchev–Trinajstić information content (AvgIpc) is 2.35. The average molecular weight is 308 g/mol. The van der Waals surface area contributed by atoms with Crippen molar-refractivity contribution < 1.29 is 32.7 Å². The van der Waals surface area contributed by atoms with E-state index in [4.69, 9.17) is 10.2 Å². The normalized spacial score (nSPS) is 12.9. The van der Waals surface area contributed by atoms with Crippen molar-refractivity contribution in [1.29, 1.82) is 0 Å². The molecule has 1 aromatic carbocycles. The van der Waals surface area contributed by atoms with Crippen LogP contribution in [0.5, 0.6) is 0 Å². The number of nitrogens with zero attached hydrogens (tertiary/aromatic N) is 1. The topological polar surface area (TPSA) is 147 Å². The van der Waals surface area contributed by atoms with E-state index in [1.165, 1.54) is 0 Å². The molecule has 0 heterocycles. The van der Waals surface area contributed by atoms with Gasteiger partial charge >= 0.3 is 5.97 Å². The molecule has 0 amide bonds. The van der Waals surface area contributed by atoms with Gasteiger partial charge in [-0.2, -0.15) is 0 Å². The number of carboxylic acid groups (broad SMARTS) is 1. The van der Waals surface area contributed by atoms with Crippen molar-refractivity contribution in [3.8, 4) is 0 Å². The summed E-state index contributed by atoms with van der Waals surface area (Å²) < 4.78 is 38.4. The first kappa shape index (κ1) is 15.9. The van der Waals surface area contributed by atoms with Crippen LogP contribution >= 0.6 is 0 Å². The minimum absolute atomic E-state index is 0.491. The van der Waals surface area contributed by atoms with Crippen LogP contribution in [-0.2, 0) is 14.8 Å². The van der Waals surface area contributed by atoms with Crippen molar-refractivity contribution >= 4 is 21.7 Å². The number of carboxylic acids is 1. The highest BCUT2D eigenvalue weighted by molar-refractivity contribution is 7.89. The van der Waals surface area contributed by atoms with E-state index in [9.17, 15) is 27.7 Å². The van der Waals surface area contributed by atoms with Crippen LogP contribution in [-0.4, -0.2) is 42.2 Å². The van der Waals surface area contributed by atoms with Gasteiger partial charge in [-0.3, -0.25) is 10.1 Å². The minimum atomic E-state index is -4.53. The second-order valence-corrected chi connectivity index (χ2v) is 5.31. The van der Waals surface area contributed by atoms with Crippen LogP contribution in [0.25, 0.3) is 0 Å². The number of halogens is 1. The molecule has 110 valence electrons. The Hall–Kier alpha value is -2.11. The zero-order chi connectivity index (χ0) is 15.5. The fourth-order valence-corrected chi connectivity index (χ4v) is 2.30. The molecule has 11 heteroatoms. The van der Waals surface area contributed by atoms with Crippen molar-refractivity contribution in [1.82, 2.24) is 4.72 Å². The number of aliphatic hydroxyl groups excluding tert-OH is 1. The summed E-state index contributed by atoms with van der Waals surface area (Å²) in [6, 6.07) is 1.87. The summed E-state index contributed by atoms with van der Waals surface area (Å²) >= 11 is 0. The third-order valence-corrected chi connectivity index (χ3v) is 3.61. The fraction of sp³-hybridized carbons (Fsp3) is 0.222. The maximum atomic E-state index is 13.4. The largest absolute Gasteiger partial charge is 0.479 e. The predicted molar refractivity (Wildman–Crippen MR) is 61.9 cm³/mol. The highest BCUT2D eigenvalue weighted by atomic mass is 32.2. The molecule has 1 rings (SSSR count). The Morgan fingerprint density at radius 1 is 1.50 bits per heavy atom. The van der Waals surface area contributed by atoms with Crippen LogP contribution in [0.3, 0.4) is 0 Å². The number of hydrogen-bond donors (Lipinski definition) is 3. The maximum absolute atomic E-state index is 13.4. The molecule has 0 aliphatic heterocycles. The highest BCUT2D eigenvalue weighted by Crippen LogP contribution is 2.20. The molecule has 1 unspecified atom stereocenters. The molecule has 1 aromatic rings. The SMILES string of the molecule is O=C(O)C(O)CNS(=O)(=O)c1cc([N+](=O)[O-])ccc1F. The van der Waals surface area contributed by atoms with Gasteiger partial charge in [0.2, 0.25) is 10.0 Å². The van der Waals surface area contributed by atoms with Gasteiger partial charge < -0.3 is 10.2 Å². The minimum Gasteiger partial charge on any atom is -0.479 e. The predicted octanol–water partition coefficient (Wildman–Crippen LogP) is -0.542. The first-order valence-corrected chi connectivity index (χ1v) is 6.48. The molecule has 0 saturated carbocycles. The van der Waals surface area contributed by atoms with Crippen molar-refractivity contribution in [2.75, 3.05) is 6.54 Å². The van der Waals surface area contributed by atoms with E-state index in [1.54, 1.807) is 4.72 Å². The first-order valence-electron chi connectivity index (χ1n) is 4.99. The molecule has 0 fully saturated rings. The number of aliphatic hydroxyl groups is 1. The van der Waals surface area contributed by atoms with Crippen LogP contribution in [0.4, 0.5) is 10.1 Å². The van der Waals surface area contributed by atoms with E-state index >= 15 is 0 Å². The monoisotopic (exact) mass is 308 g/mol. The number of carbonyl (C=O) groups is 1. The Morgan fingerprint density at radius 3 is 2.60 bits per heavy atom. The van der Waals surface area contributed by atoms with Crippen molar-refractivity contribution in [2.24, 2.45) is 0 Å². The van der Waals surface area contributed by atoms with E-state index in [0.717, 1.165) is 6.07 Å². The van der Waals surface area contributed by atoms with Gasteiger partial charge in [0.1, 0.15) is 10.7 Å². The zero-order valence-electron chi connectivity index (χ0n) is 9.69. The lowest BCUT2D eigenvalue weighted by Crippen LogP contribution is -2.36. The standard InChI is InChI=1S/C9H9FN2O7S/c10-6-2-1-5(12(16)17)3-8(6)20(18,19)11-4-7(13)9(14)15/h1-3,7,11,13H,4H2,(H,14,15). The smallest absolute Gasteiger partial charge is 0.333 e. The molecular weight excluding hydrogens is 299 g/mol. The van der Waals surface area contributed by atoms with E-state index in [-0.39, 0.29) is 0 Å². The lowest BCUT2D eigenvalue weighted by Gasteiger charge is -2.09. The molecule has 9 nitrogen and oxygen atoms in total. The first-order chi connectivity index (χ1) is 9.15. The summed E-state index contributed by atoms with van der Waals surface area (Å²) in [7, 11) is -4.53. The van der Waals surface area contributed by atoms with Gasteiger partial charge in [0.05, 0.1) is 4.92 Å². The van der Waals surface area contributed by atoms with Crippen LogP contribution in [0.2, 0.25) is 0 Å². The van der Waals surface area contributed by atoms with Crippen LogP contribution in [0.15, 0.2) is 23.1 Å². The summed E-state index contributed by atoms with van der Waals surface area (Å²) in [5.41, 5.74) is -0.648. The van der Waals surface area contributed by atoms with Gasteiger partial charge in [0.25, 0.3) is 5.69 Å². The number of aliphatic carboxylic acids is 1. The third kappa shape index (κ3) is 3.69. The maximum Gasteiger partial charge on any atom is 0.333 e. The Balaban J connectivity index is 3.06. The van der Waals surface area contributed by atoms with E-state index < -0.39 is 50.0 Å². The van der Waals surface area contributed by atoms with Crippen molar-refractivity contribution in [3.05, 3.63) is 34.1 Å². The van der Waals surface area contributed by atoms with E-state index in [0.29, 0.717) is 12.1 Å². The third-order valence-electron chi connectivity index (χ3n) is 2.17. The fourth-order valence-electron chi connectivity index (χ4n) is 1.17. The lowest BCUT2D eigenvalue weighted by molar-refractivity contribution is -0.385. The Labute approximate surface area is 111 Å². The second-order valence-electron chi connectivity index (χ2n) is 3.58. The van der Waals surface area contributed by atoms with Gasteiger partial charge in [0.15, 0.2) is 6.10 Å². The van der Waals surface area contributed by atoms with E-state index in [2.05, 4.69) is 0 Å². The number of sulfonamides is 1. The second kappa shape index (κ2) is 5.90. The Kier molecular flexibility index (Phi) is 4.70. The molecule has 0 saturated heterocycles. The molecule has 0 aliphatic rings. The molecule has 0 aromatic heterocycles. The summed E-state index contributed by atoms with van der Waals surface area (Å²) in [5, 5.41) is 27.8. The summed E-state index contributed by atoms with van der Waals surface area (Å²) in [4.78, 5) is 18.9. The van der Waals surface area contributed by atoms with Gasteiger partial charge in [-0.25, -0.2) is 22.3 Å². The number of hydrogen-bond acceptors (Lipinski definition) is 6. The lowest BCUT2D eigenvalue weighted by atomic mass is 10.3. The number of nitro groups is 1. The Bertz CT molecular complexity index is 646. The summed E-state index contributed by atoms with van der Waals surface area (Å²) in [6.45, 7) is -0.903. The number of nitro benzene ring substituents is 1. The molecular formula is C9H9FN2O7S. The van der Waals surface area contributed by atoms with Crippen molar-refractivity contribution in [3.63, 3.8) is 0 Å². The van der Waals surface area contributed by atoms with E-state index in [1.807, 2.05) is 0 Å². The number of nitrogens with one attached hydrogen (secondary N) is 1. The van der Waals surface area contributed by atoms with Crippen LogP contribution < -0.4 is 4.72 Å². The van der Waals surface area contributed by atoms with Crippen LogP contribution in [0.1, 0.15) is 0 Å². The number of benzene rings is 1. The van der Waals surface area contributed by atoms with Crippen LogP contribution in [0, 0.1) is 15.9 Å². The highest BCUT2D eigenvalue weighted by Gasteiger charge is 2.24. The Morgan fingerprint density at radius 2 is 2.10 bits per heavy atom. The quantitative estimate of drug-likeness (QED) is 0.472. The number of rotatable bonds is 6. The molecule has 3 N–H and O–H groups in total. The van der Waals surface area contributed by atoms with Gasteiger partial charge in [-0.15, -0.1) is 0 Å². The number of non-ortho nitro benzene ring substituents is 1. The van der Waals surface area contributed by atoms with Gasteiger partial charge in [-0.1, -0.05) is 0 Å². The summed E-state index contributed by atoms with van der Waals surface area (Å²) in [6.07, 6.45) is -2.02. The van der Waals surface area contributed by atoms with Crippen molar-refractivity contribution in [2.45, 2.75) is 11.0 Å². The zero-order valence-corrected chi connectivity index (χ0v) is 10.5. The molecule has 20 heavy (non-hydrogen) atoms. The molecule has 0 aliphatic carbocycles. The molecule has 1 atom stereocenters.